The van der Waals surface area contributed by atoms with Gasteiger partial charge in [0.1, 0.15) is 17.1 Å². The number of anilines is 1. The molecule has 0 saturated heterocycles. The predicted molar refractivity (Wildman–Crippen MR) is 110 cm³/mol. The van der Waals surface area contributed by atoms with Gasteiger partial charge in [0.2, 0.25) is 0 Å². The van der Waals surface area contributed by atoms with E-state index in [1.165, 1.54) is 5.56 Å². The first-order valence-corrected chi connectivity index (χ1v) is 9.20. The average Bonchev–Trinajstić information content (AvgIpc) is 2.56. The van der Waals surface area contributed by atoms with Crippen molar-refractivity contribution in [2.45, 2.75) is 45.8 Å². The maximum Gasteiger partial charge on any atom is 0.171 e. The molecule has 3 rings (SSSR count). The minimum Gasteiger partial charge on any atom is -0.497 e. The molecule has 1 aliphatic heterocycles. The highest BCUT2D eigenvalue weighted by Crippen LogP contribution is 2.41. The van der Waals surface area contributed by atoms with E-state index in [-0.39, 0.29) is 11.6 Å². The number of nitrogens with one attached hydrogen (secondary N) is 2. The predicted octanol–water partition coefficient (Wildman–Crippen LogP) is 4.90. The Morgan fingerprint density at radius 2 is 1.96 bits per heavy atom. The van der Waals surface area contributed by atoms with Crippen LogP contribution >= 0.6 is 12.2 Å². The second-order valence-corrected chi connectivity index (χ2v) is 7.85. The first-order valence-electron chi connectivity index (χ1n) is 8.79. The third-order valence-corrected chi connectivity index (χ3v) is 4.84. The molecule has 26 heavy (non-hydrogen) atoms. The Labute approximate surface area is 160 Å². The SMILES string of the molecule is COc1ccc2c(c1)OC(C)(C)C[C@H]2NC(=S)Nc1cc(C)ccc1C. The molecule has 0 bridgehead atoms. The lowest BCUT2D eigenvalue weighted by Crippen LogP contribution is -2.42. The Hall–Kier alpha value is -2.27. The van der Waals surface area contributed by atoms with E-state index in [4.69, 9.17) is 21.7 Å². The third-order valence-electron chi connectivity index (χ3n) is 4.62. The Bertz CT molecular complexity index is 833. The van der Waals surface area contributed by atoms with Crippen molar-refractivity contribution in [1.29, 1.82) is 0 Å². The molecule has 4 nitrogen and oxygen atoms in total. The van der Waals surface area contributed by atoms with Gasteiger partial charge in [0, 0.05) is 23.7 Å². The normalized spacial score (nSPS) is 17.7. The number of hydrogen-bond acceptors (Lipinski definition) is 3. The van der Waals surface area contributed by atoms with Crippen LogP contribution in [0.2, 0.25) is 0 Å². The largest absolute Gasteiger partial charge is 0.497 e. The number of benzene rings is 2. The zero-order valence-corrected chi connectivity index (χ0v) is 16.8. The standard InChI is InChI=1S/C21H26N2O2S/c1-13-6-7-14(2)17(10-13)22-20(26)23-18-12-21(3,4)25-19-11-15(24-5)8-9-16(18)19/h6-11,18H,12H2,1-5H3,(H2,22,23,26)/t18-/m1/s1. The van der Waals surface area contributed by atoms with Crippen molar-refractivity contribution in [2.75, 3.05) is 12.4 Å². The van der Waals surface area contributed by atoms with Gasteiger partial charge < -0.3 is 20.1 Å². The molecule has 0 unspecified atom stereocenters. The van der Waals surface area contributed by atoms with Crippen LogP contribution in [0.25, 0.3) is 0 Å². The van der Waals surface area contributed by atoms with Gasteiger partial charge in [-0.25, -0.2) is 0 Å². The summed E-state index contributed by atoms with van der Waals surface area (Å²) in [4.78, 5) is 0. The van der Waals surface area contributed by atoms with E-state index < -0.39 is 0 Å². The van der Waals surface area contributed by atoms with Crippen LogP contribution in [-0.4, -0.2) is 17.8 Å². The van der Waals surface area contributed by atoms with Gasteiger partial charge in [-0.1, -0.05) is 12.1 Å². The first-order chi connectivity index (χ1) is 12.3. The number of ether oxygens (including phenoxy) is 2. The van der Waals surface area contributed by atoms with Crippen molar-refractivity contribution in [2.24, 2.45) is 0 Å². The number of thiocarbonyl (C=S) groups is 1. The molecule has 1 aliphatic rings. The fourth-order valence-electron chi connectivity index (χ4n) is 3.27. The summed E-state index contributed by atoms with van der Waals surface area (Å²) < 4.78 is 11.5. The van der Waals surface area contributed by atoms with Crippen molar-refractivity contribution in [3.05, 3.63) is 53.1 Å². The number of aryl methyl sites for hydroxylation is 2. The summed E-state index contributed by atoms with van der Waals surface area (Å²) in [6.07, 6.45) is 0.820. The summed E-state index contributed by atoms with van der Waals surface area (Å²) in [6, 6.07) is 12.3. The van der Waals surface area contributed by atoms with Crippen LogP contribution in [0.15, 0.2) is 36.4 Å². The monoisotopic (exact) mass is 370 g/mol. The number of fused-ring (bicyclic) bond motifs is 1. The fraction of sp³-hybridized carbons (Fsp3) is 0.381. The van der Waals surface area contributed by atoms with Crippen LogP contribution in [-0.2, 0) is 0 Å². The van der Waals surface area contributed by atoms with Crippen molar-refractivity contribution in [3.8, 4) is 11.5 Å². The first kappa shape index (κ1) is 18.5. The van der Waals surface area contributed by atoms with Crippen molar-refractivity contribution in [1.82, 2.24) is 5.32 Å². The topological polar surface area (TPSA) is 42.5 Å². The molecule has 0 saturated carbocycles. The lowest BCUT2D eigenvalue weighted by atomic mass is 9.89. The maximum atomic E-state index is 6.14. The van der Waals surface area contributed by atoms with Gasteiger partial charge in [0.25, 0.3) is 0 Å². The number of rotatable bonds is 3. The van der Waals surface area contributed by atoms with Crippen molar-refractivity contribution >= 4 is 23.0 Å². The summed E-state index contributed by atoms with van der Waals surface area (Å²) in [6.45, 7) is 8.33. The minimum atomic E-state index is -0.286. The van der Waals surface area contributed by atoms with Gasteiger partial charge in [-0.3, -0.25) is 0 Å². The highest BCUT2D eigenvalue weighted by Gasteiger charge is 2.34. The smallest absolute Gasteiger partial charge is 0.171 e. The van der Waals surface area contributed by atoms with E-state index in [0.29, 0.717) is 5.11 Å². The molecule has 0 fully saturated rings. The molecule has 2 N–H and O–H groups in total. The number of hydrogen-bond donors (Lipinski definition) is 2. The van der Waals surface area contributed by atoms with Crippen LogP contribution in [0.3, 0.4) is 0 Å². The summed E-state index contributed by atoms with van der Waals surface area (Å²) >= 11 is 5.58. The molecule has 0 aliphatic carbocycles. The average molecular weight is 371 g/mol. The van der Waals surface area contributed by atoms with Crippen molar-refractivity contribution in [3.63, 3.8) is 0 Å². The van der Waals surface area contributed by atoms with Gasteiger partial charge in [-0.2, -0.15) is 0 Å². The Morgan fingerprint density at radius 3 is 2.69 bits per heavy atom. The summed E-state index contributed by atoms with van der Waals surface area (Å²) in [5.74, 6) is 1.63. The van der Waals surface area contributed by atoms with Gasteiger partial charge in [0.05, 0.1) is 13.2 Å². The summed E-state index contributed by atoms with van der Waals surface area (Å²) in [7, 11) is 1.66. The van der Waals surface area contributed by atoms with E-state index in [2.05, 4.69) is 56.5 Å². The second-order valence-electron chi connectivity index (χ2n) is 7.44. The van der Waals surface area contributed by atoms with E-state index in [1.54, 1.807) is 7.11 Å². The van der Waals surface area contributed by atoms with Crippen LogP contribution < -0.4 is 20.1 Å². The molecular weight excluding hydrogens is 344 g/mol. The van der Waals surface area contributed by atoms with E-state index in [1.807, 2.05) is 18.2 Å². The van der Waals surface area contributed by atoms with Gasteiger partial charge in [0.15, 0.2) is 5.11 Å². The van der Waals surface area contributed by atoms with Gasteiger partial charge in [-0.15, -0.1) is 0 Å². The quantitative estimate of drug-likeness (QED) is 0.752. The molecule has 1 atom stereocenters. The van der Waals surface area contributed by atoms with Crippen LogP contribution in [0.4, 0.5) is 5.69 Å². The summed E-state index contributed by atoms with van der Waals surface area (Å²) in [5, 5.41) is 7.41. The number of methoxy groups -OCH3 is 1. The summed E-state index contributed by atoms with van der Waals surface area (Å²) in [5.41, 5.74) is 4.20. The highest BCUT2D eigenvalue weighted by molar-refractivity contribution is 7.80. The lowest BCUT2D eigenvalue weighted by molar-refractivity contribution is 0.0693. The van der Waals surface area contributed by atoms with Crippen LogP contribution in [0.1, 0.15) is 43.0 Å². The Morgan fingerprint density at radius 1 is 1.19 bits per heavy atom. The zero-order chi connectivity index (χ0) is 18.9. The van der Waals surface area contributed by atoms with Crippen molar-refractivity contribution < 1.29 is 9.47 Å². The second kappa shape index (κ2) is 7.16. The third kappa shape index (κ3) is 4.10. The van der Waals surface area contributed by atoms with Gasteiger partial charge >= 0.3 is 0 Å². The lowest BCUT2D eigenvalue weighted by Gasteiger charge is -2.38. The molecule has 138 valence electrons. The molecule has 2 aromatic rings. The highest BCUT2D eigenvalue weighted by atomic mass is 32.1. The van der Waals surface area contributed by atoms with E-state index in [0.717, 1.165) is 34.7 Å². The molecular formula is C21H26N2O2S. The molecule has 5 heteroatoms. The molecule has 1 heterocycles. The molecule has 0 radical (unpaired) electrons. The zero-order valence-electron chi connectivity index (χ0n) is 16.0. The molecule has 0 spiro atoms. The van der Waals surface area contributed by atoms with E-state index >= 15 is 0 Å². The van der Waals surface area contributed by atoms with Crippen LogP contribution in [0.5, 0.6) is 11.5 Å². The van der Waals surface area contributed by atoms with Gasteiger partial charge in [-0.05, 0) is 69.2 Å². The molecule has 0 aromatic heterocycles. The minimum absolute atomic E-state index is 0.0739. The van der Waals surface area contributed by atoms with E-state index in [9.17, 15) is 0 Å². The van der Waals surface area contributed by atoms with Crippen LogP contribution in [0, 0.1) is 13.8 Å². The molecule has 2 aromatic carbocycles. The molecule has 0 amide bonds. The maximum absolute atomic E-state index is 6.14. The fourth-order valence-corrected chi connectivity index (χ4v) is 3.53. The Kier molecular flexibility index (Phi) is 5.10. The Balaban J connectivity index is 1.81.